The van der Waals surface area contributed by atoms with Crippen molar-refractivity contribution in [1.82, 2.24) is 9.78 Å². The molecule has 0 bridgehead atoms. The molecule has 1 aromatic carbocycles. The van der Waals surface area contributed by atoms with Crippen molar-refractivity contribution in [2.45, 2.75) is 26.1 Å². The maximum absolute atomic E-state index is 9.89. The highest BCUT2D eigenvalue weighted by Gasteiger charge is 2.07. The van der Waals surface area contributed by atoms with Crippen molar-refractivity contribution < 1.29 is 9.84 Å². The first-order chi connectivity index (χ1) is 9.17. The second kappa shape index (κ2) is 6.36. The number of hydrogen-bond acceptors (Lipinski definition) is 4. The Balaban J connectivity index is 1.84. The smallest absolute Gasteiger partial charge is 0.119 e. The van der Waals surface area contributed by atoms with Gasteiger partial charge in [0, 0.05) is 12.7 Å². The molecule has 0 aliphatic heterocycles. The van der Waals surface area contributed by atoms with Gasteiger partial charge in [0.1, 0.15) is 18.5 Å². The van der Waals surface area contributed by atoms with E-state index < -0.39 is 6.10 Å². The van der Waals surface area contributed by atoms with Crippen LogP contribution in [0.2, 0.25) is 0 Å². The van der Waals surface area contributed by atoms with Gasteiger partial charge >= 0.3 is 0 Å². The zero-order valence-corrected chi connectivity index (χ0v) is 11.0. The highest BCUT2D eigenvalue weighted by atomic mass is 16.5. The summed E-state index contributed by atoms with van der Waals surface area (Å²) in [7, 11) is 0. The van der Waals surface area contributed by atoms with Crippen LogP contribution < -0.4 is 10.5 Å². The summed E-state index contributed by atoms with van der Waals surface area (Å²) >= 11 is 0. The molecule has 0 amide bonds. The van der Waals surface area contributed by atoms with Gasteiger partial charge in [-0.1, -0.05) is 12.1 Å². The third-order valence-corrected chi connectivity index (χ3v) is 2.75. The van der Waals surface area contributed by atoms with Gasteiger partial charge in [0.05, 0.1) is 12.2 Å². The standard InChI is InChI=1S/C14H19N3O2/c1-11-5-6-17(16-11)9-13(18)10-19-14-4-2-3-12(7-14)8-15/h2-7,13,18H,8-10,15H2,1H3. The van der Waals surface area contributed by atoms with Crippen LogP contribution in [0, 0.1) is 6.92 Å². The van der Waals surface area contributed by atoms with E-state index in [9.17, 15) is 5.11 Å². The van der Waals surface area contributed by atoms with E-state index in [-0.39, 0.29) is 6.61 Å². The fraction of sp³-hybridized carbons (Fsp3) is 0.357. The molecular weight excluding hydrogens is 242 g/mol. The van der Waals surface area contributed by atoms with Gasteiger partial charge in [-0.15, -0.1) is 0 Å². The SMILES string of the molecule is Cc1ccn(CC(O)COc2cccc(CN)c2)n1. The Labute approximate surface area is 112 Å². The zero-order chi connectivity index (χ0) is 13.7. The van der Waals surface area contributed by atoms with E-state index in [0.29, 0.717) is 13.1 Å². The fourth-order valence-electron chi connectivity index (χ4n) is 1.79. The number of aliphatic hydroxyl groups is 1. The van der Waals surface area contributed by atoms with Gasteiger partial charge in [-0.3, -0.25) is 4.68 Å². The lowest BCUT2D eigenvalue weighted by Crippen LogP contribution is -2.24. The number of aryl methyl sites for hydroxylation is 1. The number of benzene rings is 1. The van der Waals surface area contributed by atoms with Crippen LogP contribution >= 0.6 is 0 Å². The van der Waals surface area contributed by atoms with E-state index in [1.807, 2.05) is 43.5 Å². The molecule has 1 unspecified atom stereocenters. The van der Waals surface area contributed by atoms with E-state index in [0.717, 1.165) is 17.0 Å². The summed E-state index contributed by atoms with van der Waals surface area (Å²) in [5.41, 5.74) is 7.51. The number of rotatable bonds is 6. The number of nitrogens with two attached hydrogens (primary N) is 1. The Morgan fingerprint density at radius 3 is 2.95 bits per heavy atom. The molecule has 3 N–H and O–H groups in total. The second-order valence-electron chi connectivity index (χ2n) is 4.50. The summed E-state index contributed by atoms with van der Waals surface area (Å²) in [6, 6.07) is 9.46. The van der Waals surface area contributed by atoms with Crippen LogP contribution in [0.1, 0.15) is 11.3 Å². The largest absolute Gasteiger partial charge is 0.491 e. The molecule has 102 valence electrons. The van der Waals surface area contributed by atoms with Gasteiger partial charge in [-0.25, -0.2) is 0 Å². The predicted molar refractivity (Wildman–Crippen MR) is 72.8 cm³/mol. The van der Waals surface area contributed by atoms with Gasteiger partial charge in [0.25, 0.3) is 0 Å². The Bertz CT molecular complexity index is 525. The van der Waals surface area contributed by atoms with Crippen LogP contribution in [0.3, 0.4) is 0 Å². The summed E-state index contributed by atoms with van der Waals surface area (Å²) < 4.78 is 7.25. The molecule has 1 heterocycles. The van der Waals surface area contributed by atoms with Gasteiger partial charge in [-0.2, -0.15) is 5.10 Å². The molecule has 0 saturated carbocycles. The molecule has 2 aromatic rings. The van der Waals surface area contributed by atoms with Crippen molar-refractivity contribution in [3.63, 3.8) is 0 Å². The van der Waals surface area contributed by atoms with Crippen LogP contribution in [0.5, 0.6) is 5.75 Å². The molecule has 5 nitrogen and oxygen atoms in total. The highest BCUT2D eigenvalue weighted by molar-refractivity contribution is 5.28. The quantitative estimate of drug-likeness (QED) is 0.816. The van der Waals surface area contributed by atoms with Crippen molar-refractivity contribution in [3.05, 3.63) is 47.8 Å². The monoisotopic (exact) mass is 261 g/mol. The third kappa shape index (κ3) is 4.08. The first kappa shape index (κ1) is 13.6. The average molecular weight is 261 g/mol. The minimum atomic E-state index is -0.596. The molecule has 1 atom stereocenters. The number of hydrogen-bond donors (Lipinski definition) is 2. The van der Waals surface area contributed by atoms with E-state index in [1.54, 1.807) is 4.68 Å². The lowest BCUT2D eigenvalue weighted by Gasteiger charge is -2.13. The van der Waals surface area contributed by atoms with Crippen LogP contribution in [0.25, 0.3) is 0 Å². The summed E-state index contributed by atoms with van der Waals surface area (Å²) in [5.74, 6) is 0.721. The molecule has 5 heteroatoms. The van der Waals surface area contributed by atoms with Crippen molar-refractivity contribution in [1.29, 1.82) is 0 Å². The van der Waals surface area contributed by atoms with Gasteiger partial charge < -0.3 is 15.6 Å². The molecule has 0 fully saturated rings. The minimum Gasteiger partial charge on any atom is -0.491 e. The first-order valence-corrected chi connectivity index (χ1v) is 6.27. The molecular formula is C14H19N3O2. The Morgan fingerprint density at radius 1 is 1.42 bits per heavy atom. The lowest BCUT2D eigenvalue weighted by molar-refractivity contribution is 0.0892. The molecule has 19 heavy (non-hydrogen) atoms. The maximum atomic E-state index is 9.89. The maximum Gasteiger partial charge on any atom is 0.119 e. The van der Waals surface area contributed by atoms with Crippen LogP contribution in [0.4, 0.5) is 0 Å². The molecule has 0 saturated heterocycles. The van der Waals surface area contributed by atoms with E-state index in [4.69, 9.17) is 10.5 Å². The topological polar surface area (TPSA) is 73.3 Å². The molecule has 0 radical (unpaired) electrons. The van der Waals surface area contributed by atoms with Gasteiger partial charge in [0.2, 0.25) is 0 Å². The van der Waals surface area contributed by atoms with Crippen molar-refractivity contribution >= 4 is 0 Å². The third-order valence-electron chi connectivity index (χ3n) is 2.75. The van der Waals surface area contributed by atoms with Crippen LogP contribution in [-0.2, 0) is 13.1 Å². The molecule has 2 rings (SSSR count). The predicted octanol–water partition coefficient (Wildman–Crippen LogP) is 1.09. The lowest BCUT2D eigenvalue weighted by atomic mass is 10.2. The van der Waals surface area contributed by atoms with E-state index in [1.165, 1.54) is 0 Å². The number of aromatic nitrogens is 2. The first-order valence-electron chi connectivity index (χ1n) is 6.27. The number of aliphatic hydroxyl groups excluding tert-OH is 1. The van der Waals surface area contributed by atoms with Gasteiger partial charge in [-0.05, 0) is 30.7 Å². The van der Waals surface area contributed by atoms with Crippen LogP contribution in [0.15, 0.2) is 36.5 Å². The highest BCUT2D eigenvalue weighted by Crippen LogP contribution is 2.13. The molecule has 1 aromatic heterocycles. The van der Waals surface area contributed by atoms with Crippen molar-refractivity contribution in [2.24, 2.45) is 5.73 Å². The van der Waals surface area contributed by atoms with Crippen molar-refractivity contribution in [2.75, 3.05) is 6.61 Å². The minimum absolute atomic E-state index is 0.229. The summed E-state index contributed by atoms with van der Waals surface area (Å²) in [4.78, 5) is 0. The van der Waals surface area contributed by atoms with Crippen molar-refractivity contribution in [3.8, 4) is 5.75 Å². The number of nitrogens with zero attached hydrogens (tertiary/aromatic N) is 2. The normalized spacial score (nSPS) is 12.4. The van der Waals surface area contributed by atoms with E-state index >= 15 is 0 Å². The molecule has 0 spiro atoms. The fourth-order valence-corrected chi connectivity index (χ4v) is 1.79. The van der Waals surface area contributed by atoms with E-state index in [2.05, 4.69) is 5.10 Å². The van der Waals surface area contributed by atoms with Gasteiger partial charge in [0.15, 0.2) is 0 Å². The summed E-state index contributed by atoms with van der Waals surface area (Å²) in [6.07, 6.45) is 1.24. The number of ether oxygens (including phenoxy) is 1. The van der Waals surface area contributed by atoms with Crippen LogP contribution in [-0.4, -0.2) is 27.6 Å². The Hall–Kier alpha value is -1.85. The average Bonchev–Trinajstić information content (AvgIpc) is 2.82. The molecule has 0 aliphatic carbocycles. The Morgan fingerprint density at radius 2 is 2.26 bits per heavy atom. The Kier molecular flexibility index (Phi) is 4.54. The summed E-state index contributed by atoms with van der Waals surface area (Å²) in [5, 5.41) is 14.1. The second-order valence-corrected chi connectivity index (χ2v) is 4.50. The summed E-state index contributed by atoms with van der Waals surface area (Å²) in [6.45, 7) is 3.04. The molecule has 0 aliphatic rings. The zero-order valence-electron chi connectivity index (χ0n) is 11.0.